The summed E-state index contributed by atoms with van der Waals surface area (Å²) >= 11 is 5.78. The number of aromatic nitrogens is 2. The van der Waals surface area contributed by atoms with Gasteiger partial charge in [0, 0.05) is 17.3 Å². The number of ether oxygens (including phenoxy) is 2. The molecule has 1 N–H and O–H groups in total. The van der Waals surface area contributed by atoms with Crippen molar-refractivity contribution in [2.45, 2.75) is 12.8 Å². The van der Waals surface area contributed by atoms with Gasteiger partial charge in [-0.05, 0) is 19.1 Å². The fraction of sp³-hybridized carbons (Fsp3) is 0.308. The molecule has 0 bridgehead atoms. The molecule has 1 aromatic heterocycles. The molecule has 0 unspecified atom stereocenters. The second-order valence-electron chi connectivity index (χ2n) is 3.86. The number of aryl methyl sites for hydroxylation is 1. The average molecular weight is 267 g/mol. The Balaban J connectivity index is 2.52. The van der Waals surface area contributed by atoms with Gasteiger partial charge >= 0.3 is 0 Å². The normalized spacial score (nSPS) is 10.4. The standard InChI is InChI=1S/C13H15ClN2O2/c1-8-13(16-12(7-14)15-8)10-5-4-9(17-2)6-11(10)18-3/h4-6H,7H2,1-3H3,(H,15,16). The Kier molecular flexibility index (Phi) is 3.77. The third-order valence-electron chi connectivity index (χ3n) is 2.72. The van der Waals surface area contributed by atoms with Crippen LogP contribution in [0.4, 0.5) is 0 Å². The molecule has 5 heteroatoms. The first kappa shape index (κ1) is 12.8. The number of hydrogen-bond donors (Lipinski definition) is 1. The second-order valence-corrected chi connectivity index (χ2v) is 4.12. The third-order valence-corrected chi connectivity index (χ3v) is 2.98. The minimum absolute atomic E-state index is 0.360. The first-order valence-electron chi connectivity index (χ1n) is 5.53. The Morgan fingerprint density at radius 3 is 2.61 bits per heavy atom. The van der Waals surface area contributed by atoms with E-state index in [0.29, 0.717) is 5.88 Å². The molecule has 0 amide bonds. The average Bonchev–Trinajstić information content (AvgIpc) is 2.79. The largest absolute Gasteiger partial charge is 0.497 e. The van der Waals surface area contributed by atoms with Gasteiger partial charge in [-0.15, -0.1) is 11.6 Å². The number of H-pyrrole nitrogens is 1. The van der Waals surface area contributed by atoms with Crippen molar-refractivity contribution in [3.05, 3.63) is 29.7 Å². The number of methoxy groups -OCH3 is 2. The van der Waals surface area contributed by atoms with E-state index in [2.05, 4.69) is 9.97 Å². The van der Waals surface area contributed by atoms with Crippen LogP contribution in [0.3, 0.4) is 0 Å². The van der Waals surface area contributed by atoms with Gasteiger partial charge in [0.05, 0.1) is 25.8 Å². The second kappa shape index (κ2) is 5.31. The molecule has 0 aliphatic rings. The zero-order chi connectivity index (χ0) is 13.1. The Morgan fingerprint density at radius 1 is 1.28 bits per heavy atom. The number of rotatable bonds is 4. The lowest BCUT2D eigenvalue weighted by molar-refractivity contribution is 0.395. The highest BCUT2D eigenvalue weighted by atomic mass is 35.5. The van der Waals surface area contributed by atoms with E-state index in [4.69, 9.17) is 21.1 Å². The number of alkyl halides is 1. The Bertz CT molecular complexity index is 552. The molecule has 0 radical (unpaired) electrons. The number of imidazole rings is 1. The number of aromatic amines is 1. The number of nitrogens with one attached hydrogen (secondary N) is 1. The lowest BCUT2D eigenvalue weighted by Gasteiger charge is -2.09. The predicted molar refractivity (Wildman–Crippen MR) is 71.4 cm³/mol. The van der Waals surface area contributed by atoms with E-state index in [-0.39, 0.29) is 0 Å². The minimum Gasteiger partial charge on any atom is -0.497 e. The van der Waals surface area contributed by atoms with Gasteiger partial charge < -0.3 is 14.5 Å². The zero-order valence-corrected chi connectivity index (χ0v) is 11.3. The molecular weight excluding hydrogens is 252 g/mol. The van der Waals surface area contributed by atoms with E-state index < -0.39 is 0 Å². The molecule has 96 valence electrons. The summed E-state index contributed by atoms with van der Waals surface area (Å²) in [5.41, 5.74) is 2.74. The molecule has 2 rings (SSSR count). The molecule has 0 saturated carbocycles. The summed E-state index contributed by atoms with van der Waals surface area (Å²) in [6.45, 7) is 1.96. The van der Waals surface area contributed by atoms with Crippen LogP contribution in [-0.4, -0.2) is 24.2 Å². The number of nitrogens with zero attached hydrogens (tertiary/aromatic N) is 1. The summed E-state index contributed by atoms with van der Waals surface area (Å²) in [5.74, 6) is 2.59. The van der Waals surface area contributed by atoms with E-state index in [1.54, 1.807) is 14.2 Å². The number of hydrogen-bond acceptors (Lipinski definition) is 3. The molecule has 0 spiro atoms. The molecule has 1 aromatic carbocycles. The molecule has 0 aliphatic carbocycles. The van der Waals surface area contributed by atoms with Crippen molar-refractivity contribution in [2.24, 2.45) is 0 Å². The van der Waals surface area contributed by atoms with Crippen molar-refractivity contribution in [3.8, 4) is 22.8 Å². The van der Waals surface area contributed by atoms with Crippen LogP contribution in [0.25, 0.3) is 11.3 Å². The third kappa shape index (κ3) is 2.29. The molecule has 0 aliphatic heterocycles. The molecule has 1 heterocycles. The van der Waals surface area contributed by atoms with Crippen molar-refractivity contribution in [1.82, 2.24) is 9.97 Å². The van der Waals surface area contributed by atoms with E-state index in [9.17, 15) is 0 Å². The fourth-order valence-corrected chi connectivity index (χ4v) is 1.97. The molecular formula is C13H15ClN2O2. The number of halogens is 1. The van der Waals surface area contributed by atoms with Gasteiger partial charge in [0.2, 0.25) is 0 Å². The van der Waals surface area contributed by atoms with Crippen molar-refractivity contribution >= 4 is 11.6 Å². The van der Waals surface area contributed by atoms with Crippen LogP contribution in [0.2, 0.25) is 0 Å². The van der Waals surface area contributed by atoms with Crippen LogP contribution in [-0.2, 0) is 5.88 Å². The maximum Gasteiger partial charge on any atom is 0.132 e. The summed E-state index contributed by atoms with van der Waals surface area (Å²) in [5, 5.41) is 0. The molecule has 4 nitrogen and oxygen atoms in total. The summed E-state index contributed by atoms with van der Waals surface area (Å²) in [6, 6.07) is 5.65. The summed E-state index contributed by atoms with van der Waals surface area (Å²) in [6.07, 6.45) is 0. The van der Waals surface area contributed by atoms with Gasteiger partial charge in [0.1, 0.15) is 17.3 Å². The van der Waals surface area contributed by atoms with E-state index >= 15 is 0 Å². The van der Waals surface area contributed by atoms with Gasteiger partial charge in [-0.1, -0.05) is 0 Å². The van der Waals surface area contributed by atoms with Gasteiger partial charge in [-0.3, -0.25) is 0 Å². The lowest BCUT2D eigenvalue weighted by atomic mass is 10.1. The molecule has 0 fully saturated rings. The highest BCUT2D eigenvalue weighted by Crippen LogP contribution is 2.33. The molecule has 0 saturated heterocycles. The van der Waals surface area contributed by atoms with Crippen molar-refractivity contribution in [1.29, 1.82) is 0 Å². The van der Waals surface area contributed by atoms with E-state index in [1.165, 1.54) is 0 Å². The van der Waals surface area contributed by atoms with Gasteiger partial charge in [-0.2, -0.15) is 0 Å². The quantitative estimate of drug-likeness (QED) is 0.865. The maximum absolute atomic E-state index is 5.78. The zero-order valence-electron chi connectivity index (χ0n) is 10.6. The van der Waals surface area contributed by atoms with Crippen molar-refractivity contribution in [3.63, 3.8) is 0 Å². The van der Waals surface area contributed by atoms with Gasteiger partial charge in [0.15, 0.2) is 0 Å². The lowest BCUT2D eigenvalue weighted by Crippen LogP contribution is -1.91. The topological polar surface area (TPSA) is 47.1 Å². The van der Waals surface area contributed by atoms with Crippen molar-refractivity contribution < 1.29 is 9.47 Å². The van der Waals surface area contributed by atoms with E-state index in [1.807, 2.05) is 25.1 Å². The first-order chi connectivity index (χ1) is 8.69. The Hall–Kier alpha value is -1.68. The van der Waals surface area contributed by atoms with E-state index in [0.717, 1.165) is 34.3 Å². The first-order valence-corrected chi connectivity index (χ1v) is 6.07. The molecule has 2 aromatic rings. The number of benzene rings is 1. The smallest absolute Gasteiger partial charge is 0.132 e. The summed E-state index contributed by atoms with van der Waals surface area (Å²) in [4.78, 5) is 7.60. The Labute approximate surface area is 111 Å². The van der Waals surface area contributed by atoms with Crippen LogP contribution >= 0.6 is 11.6 Å². The predicted octanol–water partition coefficient (Wildman–Crippen LogP) is 3.14. The highest BCUT2D eigenvalue weighted by molar-refractivity contribution is 6.16. The maximum atomic E-state index is 5.78. The minimum atomic E-state index is 0.360. The van der Waals surface area contributed by atoms with Gasteiger partial charge in [0.25, 0.3) is 0 Å². The summed E-state index contributed by atoms with van der Waals surface area (Å²) < 4.78 is 10.5. The van der Waals surface area contributed by atoms with Crippen LogP contribution in [0.15, 0.2) is 18.2 Å². The van der Waals surface area contributed by atoms with Crippen LogP contribution < -0.4 is 9.47 Å². The van der Waals surface area contributed by atoms with Gasteiger partial charge in [-0.25, -0.2) is 4.98 Å². The highest BCUT2D eigenvalue weighted by Gasteiger charge is 2.13. The molecule has 0 atom stereocenters. The van der Waals surface area contributed by atoms with Crippen LogP contribution in [0, 0.1) is 6.92 Å². The van der Waals surface area contributed by atoms with Crippen molar-refractivity contribution in [2.75, 3.05) is 14.2 Å². The molecule has 18 heavy (non-hydrogen) atoms. The fourth-order valence-electron chi connectivity index (χ4n) is 1.84. The Morgan fingerprint density at radius 2 is 2.06 bits per heavy atom. The SMILES string of the molecule is COc1ccc(-c2nc(CCl)[nH]c2C)c(OC)c1. The van der Waals surface area contributed by atoms with Crippen LogP contribution in [0.5, 0.6) is 11.5 Å². The monoisotopic (exact) mass is 266 g/mol. The summed E-state index contributed by atoms with van der Waals surface area (Å²) in [7, 11) is 3.25. The van der Waals surface area contributed by atoms with Crippen LogP contribution in [0.1, 0.15) is 11.5 Å².